The number of hydrogen-bond acceptors (Lipinski definition) is 9. The van der Waals surface area contributed by atoms with E-state index in [1.54, 1.807) is 37.3 Å². The summed E-state index contributed by atoms with van der Waals surface area (Å²) in [4.78, 5) is 26.0. The topological polar surface area (TPSA) is 112 Å². The molecule has 5 rings (SSSR count). The average molecular weight is 484 g/mol. The number of para-hydroxylation sites is 2. The molecule has 10 nitrogen and oxygen atoms in total. The molecule has 1 aromatic heterocycles. The van der Waals surface area contributed by atoms with E-state index in [0.29, 0.717) is 71.8 Å². The van der Waals surface area contributed by atoms with Crippen LogP contribution in [0.2, 0.25) is 0 Å². The van der Waals surface area contributed by atoms with Gasteiger partial charge in [0, 0.05) is 37.6 Å². The van der Waals surface area contributed by atoms with Gasteiger partial charge in [0.05, 0.1) is 19.7 Å². The van der Waals surface area contributed by atoms with Crippen LogP contribution in [0.1, 0.15) is 14.9 Å². The summed E-state index contributed by atoms with van der Waals surface area (Å²) < 4.78 is 22.3. The van der Waals surface area contributed by atoms with Crippen LogP contribution in [0, 0.1) is 0 Å². The third kappa shape index (κ3) is 4.82. The van der Waals surface area contributed by atoms with E-state index >= 15 is 0 Å². The number of fused-ring (bicyclic) bond motifs is 2. The van der Waals surface area contributed by atoms with Gasteiger partial charge in [-0.05, 0) is 18.2 Å². The van der Waals surface area contributed by atoms with E-state index < -0.39 is 6.10 Å². The molecule has 2 aromatic carbocycles. The predicted octanol–water partition coefficient (Wildman–Crippen LogP) is 2.99. The second kappa shape index (κ2) is 10.5. The first-order valence-corrected chi connectivity index (χ1v) is 10.7. The van der Waals surface area contributed by atoms with Crippen LogP contribution in [0.4, 0.5) is 11.8 Å². The van der Waals surface area contributed by atoms with Gasteiger partial charge in [-0.1, -0.05) is 27.0 Å². The highest BCUT2D eigenvalue weighted by atomic mass is 16.6. The van der Waals surface area contributed by atoms with E-state index in [9.17, 15) is 4.79 Å². The fraction of sp³-hybridized carbons (Fsp3) is 0.400. The zero-order valence-corrected chi connectivity index (χ0v) is 18.5. The molecular formula is C25H33N5O5. The van der Waals surface area contributed by atoms with Crippen molar-refractivity contribution in [1.82, 2.24) is 14.9 Å². The van der Waals surface area contributed by atoms with Crippen molar-refractivity contribution in [3.8, 4) is 23.0 Å². The fourth-order valence-electron chi connectivity index (χ4n) is 4.08. The van der Waals surface area contributed by atoms with Crippen LogP contribution >= 0.6 is 0 Å². The monoisotopic (exact) mass is 483 g/mol. The summed E-state index contributed by atoms with van der Waals surface area (Å²) in [6.45, 7) is 2.40. The first kappa shape index (κ1) is 25.7. The van der Waals surface area contributed by atoms with E-state index in [0.717, 1.165) is 0 Å². The quantitative estimate of drug-likeness (QED) is 0.598. The Morgan fingerprint density at radius 1 is 1.00 bits per heavy atom. The number of aromatic nitrogens is 2. The number of nitrogens with zero attached hydrogens (tertiary/aromatic N) is 4. The van der Waals surface area contributed by atoms with Gasteiger partial charge in [0.15, 0.2) is 23.0 Å². The Morgan fingerprint density at radius 2 is 1.66 bits per heavy atom. The molecule has 1 saturated heterocycles. The number of ether oxygens (including phenoxy) is 4. The van der Waals surface area contributed by atoms with E-state index in [1.807, 2.05) is 23.1 Å². The second-order valence-electron chi connectivity index (χ2n) is 7.81. The maximum atomic E-state index is 13.0. The van der Waals surface area contributed by atoms with Crippen molar-refractivity contribution in [2.75, 3.05) is 57.6 Å². The smallest absolute Gasteiger partial charge is 0.267 e. The van der Waals surface area contributed by atoms with Gasteiger partial charge in [0.2, 0.25) is 12.1 Å². The molecule has 0 radical (unpaired) electrons. The zero-order chi connectivity index (χ0) is 22.9. The van der Waals surface area contributed by atoms with Crippen LogP contribution in [0.5, 0.6) is 23.0 Å². The lowest BCUT2D eigenvalue weighted by molar-refractivity contribution is -0.141. The molecule has 1 atom stereocenters. The minimum absolute atomic E-state index is 0. The Morgan fingerprint density at radius 3 is 2.34 bits per heavy atom. The summed E-state index contributed by atoms with van der Waals surface area (Å²) in [6, 6.07) is 10.9. The summed E-state index contributed by atoms with van der Waals surface area (Å²) in [5, 5.41) is 0.694. The van der Waals surface area contributed by atoms with Gasteiger partial charge in [-0.2, -0.15) is 4.98 Å². The highest BCUT2D eigenvalue weighted by Gasteiger charge is 2.33. The molecule has 3 heterocycles. The largest absolute Gasteiger partial charge is 0.493 e. The molecule has 1 unspecified atom stereocenters. The number of anilines is 2. The lowest BCUT2D eigenvalue weighted by Crippen LogP contribution is -2.54. The summed E-state index contributed by atoms with van der Waals surface area (Å²) in [5.41, 5.74) is 6.89. The summed E-state index contributed by atoms with van der Waals surface area (Å²) in [7, 11) is 3.14. The molecule has 0 aliphatic carbocycles. The van der Waals surface area contributed by atoms with Crippen molar-refractivity contribution in [1.29, 1.82) is 0 Å². The van der Waals surface area contributed by atoms with E-state index in [1.165, 1.54) is 0 Å². The molecule has 2 aliphatic heterocycles. The van der Waals surface area contributed by atoms with Crippen LogP contribution in [-0.4, -0.2) is 73.9 Å². The first-order chi connectivity index (χ1) is 16.1. The zero-order valence-electron chi connectivity index (χ0n) is 18.5. The maximum absolute atomic E-state index is 13.0. The highest BCUT2D eigenvalue weighted by molar-refractivity contribution is 5.91. The molecule has 35 heavy (non-hydrogen) atoms. The van der Waals surface area contributed by atoms with Crippen LogP contribution in [0.25, 0.3) is 10.9 Å². The Labute approximate surface area is 205 Å². The number of rotatable bonds is 4. The Hall–Kier alpha value is -3.95. The van der Waals surface area contributed by atoms with Crippen molar-refractivity contribution >= 4 is 28.6 Å². The molecule has 3 aromatic rings. The van der Waals surface area contributed by atoms with E-state index in [4.69, 9.17) is 24.7 Å². The lowest BCUT2D eigenvalue weighted by Gasteiger charge is -2.37. The Kier molecular flexibility index (Phi) is 7.73. The van der Waals surface area contributed by atoms with Crippen LogP contribution in [-0.2, 0) is 4.79 Å². The maximum Gasteiger partial charge on any atom is 0.267 e. The third-order valence-corrected chi connectivity index (χ3v) is 5.88. The normalized spacial score (nSPS) is 16.7. The number of benzene rings is 2. The fourth-order valence-corrected chi connectivity index (χ4v) is 4.08. The predicted molar refractivity (Wildman–Crippen MR) is 136 cm³/mol. The van der Waals surface area contributed by atoms with Crippen molar-refractivity contribution in [3.63, 3.8) is 0 Å². The number of piperazine rings is 1. The van der Waals surface area contributed by atoms with Crippen LogP contribution < -0.4 is 29.6 Å². The highest BCUT2D eigenvalue weighted by Crippen LogP contribution is 2.34. The van der Waals surface area contributed by atoms with Crippen molar-refractivity contribution < 1.29 is 23.7 Å². The minimum Gasteiger partial charge on any atom is -0.493 e. The van der Waals surface area contributed by atoms with E-state index in [2.05, 4.69) is 9.97 Å². The number of methoxy groups -OCH3 is 2. The number of nitrogen functional groups attached to an aromatic ring is 1. The molecule has 0 saturated carbocycles. The second-order valence-corrected chi connectivity index (χ2v) is 7.81. The SMILES string of the molecule is C.C.COc1cc2nc(N3CCN(C(=O)C4COc5ccccc5O4)CC3)nc(N)c2cc1OC. The molecule has 1 fully saturated rings. The molecule has 0 spiro atoms. The molecule has 188 valence electrons. The van der Waals surface area contributed by atoms with Gasteiger partial charge in [0.1, 0.15) is 12.4 Å². The average Bonchev–Trinajstić information content (AvgIpc) is 2.87. The van der Waals surface area contributed by atoms with Gasteiger partial charge in [-0.15, -0.1) is 0 Å². The molecule has 10 heteroatoms. The number of carbonyl (C=O) groups excluding carboxylic acids is 1. The number of nitrogens with two attached hydrogens (primary N) is 1. The minimum atomic E-state index is -0.651. The van der Waals surface area contributed by atoms with Gasteiger partial charge in [-0.25, -0.2) is 4.98 Å². The van der Waals surface area contributed by atoms with Gasteiger partial charge in [-0.3, -0.25) is 4.79 Å². The van der Waals surface area contributed by atoms with Crippen LogP contribution in [0.3, 0.4) is 0 Å². The first-order valence-electron chi connectivity index (χ1n) is 10.7. The standard InChI is InChI=1S/C23H25N5O5.2CH4/c1-30-18-11-14-15(12-19(18)31-2)25-23(26-21(14)24)28-9-7-27(8-10-28)22(29)20-13-32-16-5-3-4-6-17(16)33-20;;/h3-6,11-12,20H,7-10,13H2,1-2H3,(H2,24,25,26);2*1H4. The summed E-state index contributed by atoms with van der Waals surface area (Å²) >= 11 is 0. The third-order valence-electron chi connectivity index (χ3n) is 5.88. The Bertz CT molecular complexity index is 1200. The molecular weight excluding hydrogens is 450 g/mol. The van der Waals surface area contributed by atoms with Crippen molar-refractivity contribution in [3.05, 3.63) is 36.4 Å². The van der Waals surface area contributed by atoms with Gasteiger partial charge < -0.3 is 34.5 Å². The number of hydrogen-bond donors (Lipinski definition) is 1. The molecule has 0 bridgehead atoms. The van der Waals surface area contributed by atoms with E-state index in [-0.39, 0.29) is 27.4 Å². The summed E-state index contributed by atoms with van der Waals surface area (Å²) in [6.07, 6.45) is -0.651. The van der Waals surface area contributed by atoms with Crippen molar-refractivity contribution in [2.45, 2.75) is 21.0 Å². The molecule has 1 amide bonds. The lowest BCUT2D eigenvalue weighted by atomic mass is 10.2. The van der Waals surface area contributed by atoms with Crippen LogP contribution in [0.15, 0.2) is 36.4 Å². The number of amides is 1. The molecule has 2 N–H and O–H groups in total. The Balaban J connectivity index is 0.00000171. The van der Waals surface area contributed by atoms with Gasteiger partial charge in [0.25, 0.3) is 5.91 Å². The van der Waals surface area contributed by atoms with Crippen molar-refractivity contribution in [2.24, 2.45) is 0 Å². The number of carbonyl (C=O) groups is 1. The summed E-state index contributed by atoms with van der Waals surface area (Å²) in [5.74, 6) is 3.18. The molecule has 2 aliphatic rings. The van der Waals surface area contributed by atoms with Gasteiger partial charge >= 0.3 is 0 Å².